The van der Waals surface area contributed by atoms with Crippen LogP contribution in [0.2, 0.25) is 0 Å². The molecular formula is C9H17O4PS. The Morgan fingerprint density at radius 1 is 1.33 bits per heavy atom. The van der Waals surface area contributed by atoms with Crippen molar-refractivity contribution >= 4 is 17.3 Å². The van der Waals surface area contributed by atoms with Crippen LogP contribution in [0.5, 0.6) is 0 Å². The van der Waals surface area contributed by atoms with E-state index in [0.29, 0.717) is 19.0 Å². The van der Waals surface area contributed by atoms with Crippen LogP contribution in [0.15, 0.2) is 0 Å². The number of rotatable bonds is 7. The van der Waals surface area contributed by atoms with E-state index in [9.17, 15) is 13.0 Å². The first kappa shape index (κ1) is 14.7. The molecule has 0 atom stereocenters. The van der Waals surface area contributed by atoms with E-state index in [1.807, 2.05) is 0 Å². The van der Waals surface area contributed by atoms with Crippen LogP contribution in [-0.2, 0) is 18.9 Å². The quantitative estimate of drug-likeness (QED) is 0.297. The molecule has 0 heterocycles. The minimum atomic E-state index is -3.49. The fraction of sp³-hybridized carbons (Fsp3) is 0.778. The largest absolute Gasteiger partial charge is 0.324 e. The number of hydrogen-bond acceptors (Lipinski definition) is 4. The van der Waals surface area contributed by atoms with Crippen molar-refractivity contribution in [1.29, 1.82) is 0 Å². The summed E-state index contributed by atoms with van der Waals surface area (Å²) in [4.78, 5) is 0. The maximum absolute atomic E-state index is 11.3. The van der Waals surface area contributed by atoms with Crippen LogP contribution in [0, 0.1) is 12.3 Å². The molecule has 0 unspecified atom stereocenters. The van der Waals surface area contributed by atoms with Gasteiger partial charge in [0.1, 0.15) is 6.61 Å². The Hall–Kier alpha value is -0.300. The first-order chi connectivity index (χ1) is 6.77. The van der Waals surface area contributed by atoms with E-state index < -0.39 is 17.3 Å². The molecule has 0 fully saturated rings. The molecule has 0 aliphatic carbocycles. The molecule has 0 aliphatic heterocycles. The van der Waals surface area contributed by atoms with E-state index in [1.54, 1.807) is 13.3 Å². The van der Waals surface area contributed by atoms with Crippen molar-refractivity contribution in [2.75, 3.05) is 31.9 Å². The first-order valence-electron chi connectivity index (χ1n) is 4.61. The van der Waals surface area contributed by atoms with Crippen LogP contribution in [0.25, 0.3) is 0 Å². The second-order valence-electron chi connectivity index (χ2n) is 3.73. The van der Waals surface area contributed by atoms with Crippen molar-refractivity contribution in [2.45, 2.75) is 12.8 Å². The van der Waals surface area contributed by atoms with Crippen LogP contribution in [0.3, 0.4) is 0 Å². The van der Waals surface area contributed by atoms with Crippen molar-refractivity contribution in [2.24, 2.45) is 0 Å². The van der Waals surface area contributed by atoms with E-state index in [2.05, 4.69) is 10.1 Å². The van der Waals surface area contributed by atoms with E-state index in [-0.39, 0.29) is 12.4 Å². The maximum Gasteiger partial charge on any atom is 0.268 e. The van der Waals surface area contributed by atoms with Crippen LogP contribution < -0.4 is 0 Å². The van der Waals surface area contributed by atoms with Crippen molar-refractivity contribution in [3.8, 4) is 12.3 Å². The van der Waals surface area contributed by atoms with Gasteiger partial charge in [0.2, 0.25) is 0 Å². The predicted molar refractivity (Wildman–Crippen MR) is 62.1 cm³/mol. The van der Waals surface area contributed by atoms with Crippen LogP contribution in [-0.4, -0.2) is 40.3 Å². The second-order valence-corrected chi connectivity index (χ2v) is 9.09. The standard InChI is InChI=1S/C9H17O4PS/c1-4-7-13-15(11,12)9-6-5-8-14(2,3)10/h1H,5-9H2,2-3H3. The summed E-state index contributed by atoms with van der Waals surface area (Å²) in [6, 6.07) is 0. The van der Waals surface area contributed by atoms with Crippen LogP contribution in [0.1, 0.15) is 12.8 Å². The third-order valence-electron chi connectivity index (χ3n) is 1.66. The van der Waals surface area contributed by atoms with Gasteiger partial charge in [-0.1, -0.05) is 5.92 Å². The second kappa shape index (κ2) is 6.32. The minimum absolute atomic E-state index is 0.0608. The highest BCUT2D eigenvalue weighted by atomic mass is 32.2. The summed E-state index contributed by atoms with van der Waals surface area (Å²) in [6.07, 6.45) is 6.52. The minimum Gasteiger partial charge on any atom is -0.324 e. The molecule has 15 heavy (non-hydrogen) atoms. The van der Waals surface area contributed by atoms with Gasteiger partial charge in [0.15, 0.2) is 0 Å². The Morgan fingerprint density at radius 2 is 1.93 bits per heavy atom. The first-order valence-corrected chi connectivity index (χ1v) is 8.98. The Morgan fingerprint density at radius 3 is 2.40 bits per heavy atom. The molecule has 0 radical (unpaired) electrons. The smallest absolute Gasteiger partial charge is 0.268 e. The zero-order valence-corrected chi connectivity index (χ0v) is 10.8. The van der Waals surface area contributed by atoms with Gasteiger partial charge in [0, 0.05) is 6.16 Å². The molecule has 0 bridgehead atoms. The zero-order valence-electron chi connectivity index (χ0n) is 9.10. The summed E-state index contributed by atoms with van der Waals surface area (Å²) in [5, 5.41) is 0. The molecular weight excluding hydrogens is 235 g/mol. The van der Waals surface area contributed by atoms with Gasteiger partial charge < -0.3 is 4.57 Å². The number of hydrogen-bond donors (Lipinski definition) is 0. The van der Waals surface area contributed by atoms with Gasteiger partial charge in [-0.05, 0) is 26.2 Å². The number of unbranched alkanes of at least 4 members (excludes halogenated alkanes) is 1. The van der Waals surface area contributed by atoms with Gasteiger partial charge in [0.05, 0.1) is 12.9 Å². The van der Waals surface area contributed by atoms with Gasteiger partial charge in [-0.2, -0.15) is 8.42 Å². The predicted octanol–water partition coefficient (Wildman–Crippen LogP) is 1.37. The SMILES string of the molecule is C#CCOS(=O)(=O)CCCCP(C)(C)=O. The fourth-order valence-corrected chi connectivity index (χ4v) is 2.86. The third kappa shape index (κ3) is 9.99. The Balaban J connectivity index is 3.78. The van der Waals surface area contributed by atoms with Gasteiger partial charge in [-0.25, -0.2) is 0 Å². The molecule has 88 valence electrons. The molecule has 0 spiro atoms. The van der Waals surface area contributed by atoms with Gasteiger partial charge in [0.25, 0.3) is 10.1 Å². The third-order valence-corrected chi connectivity index (χ3v) is 4.32. The Bertz CT molecular complexity index is 360. The maximum atomic E-state index is 11.3. The molecule has 0 aromatic heterocycles. The summed E-state index contributed by atoms with van der Waals surface area (Å²) < 4.78 is 38.0. The lowest BCUT2D eigenvalue weighted by Gasteiger charge is -2.06. The van der Waals surface area contributed by atoms with Gasteiger partial charge in [-0.15, -0.1) is 6.42 Å². The summed E-state index contributed by atoms with van der Waals surface area (Å²) in [6.45, 7) is 3.16. The number of terminal acetylenes is 1. The molecule has 0 N–H and O–H groups in total. The summed E-state index contributed by atoms with van der Waals surface area (Å²) in [5.74, 6) is 2.03. The lowest BCUT2D eigenvalue weighted by molar-refractivity contribution is 0.362. The average molecular weight is 252 g/mol. The topological polar surface area (TPSA) is 60.4 Å². The summed E-state index contributed by atoms with van der Waals surface area (Å²) in [7, 11) is -5.53. The lowest BCUT2D eigenvalue weighted by atomic mass is 10.4. The molecule has 0 aromatic rings. The summed E-state index contributed by atoms with van der Waals surface area (Å²) in [5.41, 5.74) is 0. The molecule has 0 saturated heterocycles. The van der Waals surface area contributed by atoms with Gasteiger partial charge in [-0.3, -0.25) is 4.18 Å². The van der Waals surface area contributed by atoms with E-state index in [0.717, 1.165) is 0 Å². The van der Waals surface area contributed by atoms with Gasteiger partial charge >= 0.3 is 0 Å². The summed E-state index contributed by atoms with van der Waals surface area (Å²) >= 11 is 0. The fourth-order valence-electron chi connectivity index (χ4n) is 0.954. The van der Waals surface area contributed by atoms with E-state index >= 15 is 0 Å². The Labute approximate surface area is 91.9 Å². The molecule has 6 heteroatoms. The molecule has 0 aliphatic rings. The van der Waals surface area contributed by atoms with Crippen LogP contribution >= 0.6 is 7.14 Å². The van der Waals surface area contributed by atoms with Crippen molar-refractivity contribution < 1.29 is 17.2 Å². The molecule has 0 aromatic carbocycles. The molecule has 4 nitrogen and oxygen atoms in total. The van der Waals surface area contributed by atoms with Crippen molar-refractivity contribution in [3.05, 3.63) is 0 Å². The molecule has 0 amide bonds. The molecule has 0 saturated carbocycles. The normalized spacial score (nSPS) is 12.3. The highest BCUT2D eigenvalue weighted by molar-refractivity contribution is 7.86. The van der Waals surface area contributed by atoms with Crippen molar-refractivity contribution in [3.63, 3.8) is 0 Å². The zero-order chi connectivity index (χ0) is 11.9. The van der Waals surface area contributed by atoms with E-state index in [4.69, 9.17) is 6.42 Å². The van der Waals surface area contributed by atoms with Crippen LogP contribution in [0.4, 0.5) is 0 Å². The molecule has 0 rings (SSSR count). The van der Waals surface area contributed by atoms with E-state index in [1.165, 1.54) is 0 Å². The highest BCUT2D eigenvalue weighted by Crippen LogP contribution is 2.36. The van der Waals surface area contributed by atoms with Crippen molar-refractivity contribution in [1.82, 2.24) is 0 Å². The monoisotopic (exact) mass is 252 g/mol. The average Bonchev–Trinajstić information content (AvgIpc) is 2.08. The Kier molecular flexibility index (Phi) is 6.19. The lowest BCUT2D eigenvalue weighted by Crippen LogP contribution is -2.11. The highest BCUT2D eigenvalue weighted by Gasteiger charge is 2.12.